The summed E-state index contributed by atoms with van der Waals surface area (Å²) in [5, 5.41) is 2.22. The summed E-state index contributed by atoms with van der Waals surface area (Å²) in [5.41, 5.74) is 2.72. The zero-order chi connectivity index (χ0) is 16.0. The summed E-state index contributed by atoms with van der Waals surface area (Å²) >= 11 is 1.89. The molecule has 2 aromatic rings. The number of likely N-dealkylation sites (tertiary alicyclic amines) is 1. The van der Waals surface area contributed by atoms with Crippen molar-refractivity contribution < 1.29 is 14.2 Å². The van der Waals surface area contributed by atoms with E-state index in [1.807, 2.05) is 17.4 Å². The van der Waals surface area contributed by atoms with Crippen molar-refractivity contribution in [2.75, 3.05) is 26.5 Å². The van der Waals surface area contributed by atoms with Crippen LogP contribution in [-0.2, 0) is 23.3 Å². The van der Waals surface area contributed by atoms with E-state index in [0.717, 1.165) is 57.0 Å². The van der Waals surface area contributed by atoms with E-state index in [1.165, 1.54) is 16.0 Å². The van der Waals surface area contributed by atoms with Crippen molar-refractivity contribution in [3.63, 3.8) is 0 Å². The minimum atomic E-state index is -0.0288. The molecule has 0 amide bonds. The molecule has 24 heavy (non-hydrogen) atoms. The number of nitrogens with zero attached hydrogens (tertiary/aromatic N) is 1. The molecule has 0 saturated carbocycles. The van der Waals surface area contributed by atoms with Gasteiger partial charge in [-0.05, 0) is 47.5 Å². The highest BCUT2D eigenvalue weighted by Gasteiger charge is 2.41. The molecule has 0 unspecified atom stereocenters. The molecule has 1 saturated heterocycles. The van der Waals surface area contributed by atoms with E-state index in [-0.39, 0.29) is 5.60 Å². The van der Waals surface area contributed by atoms with E-state index in [0.29, 0.717) is 6.79 Å². The van der Waals surface area contributed by atoms with Crippen molar-refractivity contribution in [1.82, 2.24) is 4.90 Å². The minimum absolute atomic E-state index is 0.0288. The Hall–Kier alpha value is -1.56. The number of fused-ring (bicyclic) bond motifs is 3. The van der Waals surface area contributed by atoms with Gasteiger partial charge in [0.15, 0.2) is 11.5 Å². The summed E-state index contributed by atoms with van der Waals surface area (Å²) in [6.45, 7) is 4.32. The summed E-state index contributed by atoms with van der Waals surface area (Å²) in [6, 6.07) is 8.56. The van der Waals surface area contributed by atoms with Gasteiger partial charge in [-0.15, -0.1) is 11.3 Å². The monoisotopic (exact) mass is 343 g/mol. The Labute approximate surface area is 145 Å². The third-order valence-electron chi connectivity index (χ3n) is 5.45. The first kappa shape index (κ1) is 14.8. The van der Waals surface area contributed by atoms with Crippen molar-refractivity contribution >= 4 is 11.3 Å². The molecular weight excluding hydrogens is 322 g/mol. The van der Waals surface area contributed by atoms with Gasteiger partial charge in [-0.3, -0.25) is 4.90 Å². The zero-order valence-electron chi connectivity index (χ0n) is 13.6. The summed E-state index contributed by atoms with van der Waals surface area (Å²) in [4.78, 5) is 4.05. The maximum Gasteiger partial charge on any atom is 0.231 e. The Kier molecular flexibility index (Phi) is 3.54. The van der Waals surface area contributed by atoms with Gasteiger partial charge in [-0.1, -0.05) is 6.07 Å². The van der Waals surface area contributed by atoms with Crippen molar-refractivity contribution in [3.05, 3.63) is 45.6 Å². The highest BCUT2D eigenvalue weighted by molar-refractivity contribution is 7.10. The SMILES string of the molecule is c1cc2c(s1)CCOC21CCN(Cc2ccc3c(c2)OCO3)CC1. The van der Waals surface area contributed by atoms with E-state index in [4.69, 9.17) is 14.2 Å². The van der Waals surface area contributed by atoms with Crippen molar-refractivity contribution in [1.29, 1.82) is 0 Å². The number of rotatable bonds is 2. The largest absolute Gasteiger partial charge is 0.454 e. The van der Waals surface area contributed by atoms with Gasteiger partial charge in [0.1, 0.15) is 0 Å². The highest BCUT2D eigenvalue weighted by atomic mass is 32.1. The first-order valence-electron chi connectivity index (χ1n) is 8.64. The lowest BCUT2D eigenvalue weighted by Gasteiger charge is -2.44. The molecule has 0 bridgehead atoms. The molecule has 126 valence electrons. The minimum Gasteiger partial charge on any atom is -0.454 e. The molecule has 1 aromatic heterocycles. The van der Waals surface area contributed by atoms with Crippen LogP contribution in [-0.4, -0.2) is 31.4 Å². The van der Waals surface area contributed by atoms with E-state index in [1.54, 1.807) is 0 Å². The Morgan fingerprint density at radius 1 is 1.08 bits per heavy atom. The van der Waals surface area contributed by atoms with Crippen LogP contribution in [0.5, 0.6) is 11.5 Å². The number of hydrogen-bond donors (Lipinski definition) is 0. The van der Waals surface area contributed by atoms with E-state index in [2.05, 4.69) is 28.5 Å². The Balaban J connectivity index is 1.28. The van der Waals surface area contributed by atoms with Gasteiger partial charge in [0.2, 0.25) is 6.79 Å². The van der Waals surface area contributed by atoms with Crippen LogP contribution in [0.1, 0.15) is 28.8 Å². The lowest BCUT2D eigenvalue weighted by Crippen LogP contribution is -2.45. The molecule has 1 spiro atoms. The maximum atomic E-state index is 6.29. The van der Waals surface area contributed by atoms with Crippen LogP contribution in [0.3, 0.4) is 0 Å². The summed E-state index contributed by atoms with van der Waals surface area (Å²) in [5.74, 6) is 1.73. The zero-order valence-corrected chi connectivity index (χ0v) is 14.4. The van der Waals surface area contributed by atoms with Crippen LogP contribution in [0.25, 0.3) is 0 Å². The van der Waals surface area contributed by atoms with Gasteiger partial charge < -0.3 is 14.2 Å². The maximum absolute atomic E-state index is 6.29. The molecule has 4 nitrogen and oxygen atoms in total. The second-order valence-corrected chi connectivity index (χ2v) is 7.81. The van der Waals surface area contributed by atoms with E-state index >= 15 is 0 Å². The number of hydrogen-bond acceptors (Lipinski definition) is 5. The number of benzene rings is 1. The van der Waals surface area contributed by atoms with Crippen LogP contribution in [0, 0.1) is 0 Å². The molecule has 1 fully saturated rings. The van der Waals surface area contributed by atoms with Crippen LogP contribution < -0.4 is 9.47 Å². The average molecular weight is 343 g/mol. The smallest absolute Gasteiger partial charge is 0.231 e. The Morgan fingerprint density at radius 2 is 1.96 bits per heavy atom. The van der Waals surface area contributed by atoms with Crippen molar-refractivity contribution in [2.45, 2.75) is 31.4 Å². The molecule has 0 aliphatic carbocycles. The summed E-state index contributed by atoms with van der Waals surface area (Å²) in [6.07, 6.45) is 3.25. The predicted molar refractivity (Wildman–Crippen MR) is 92.7 cm³/mol. The molecule has 5 heteroatoms. The molecule has 3 aliphatic rings. The van der Waals surface area contributed by atoms with Gasteiger partial charge in [0.25, 0.3) is 0 Å². The predicted octanol–water partition coefficient (Wildman–Crippen LogP) is 3.54. The molecule has 0 atom stereocenters. The normalized spacial score (nSPS) is 21.8. The molecule has 4 heterocycles. The number of thiophene rings is 1. The summed E-state index contributed by atoms with van der Waals surface area (Å²) < 4.78 is 17.2. The van der Waals surface area contributed by atoms with Gasteiger partial charge in [0, 0.05) is 30.9 Å². The van der Waals surface area contributed by atoms with Gasteiger partial charge >= 0.3 is 0 Å². The quantitative estimate of drug-likeness (QED) is 0.834. The Morgan fingerprint density at radius 3 is 2.88 bits per heavy atom. The highest BCUT2D eigenvalue weighted by Crippen LogP contribution is 2.43. The van der Waals surface area contributed by atoms with E-state index in [9.17, 15) is 0 Å². The molecule has 1 aromatic carbocycles. The molecule has 0 radical (unpaired) electrons. The van der Waals surface area contributed by atoms with E-state index < -0.39 is 0 Å². The third-order valence-corrected chi connectivity index (χ3v) is 6.43. The van der Waals surface area contributed by atoms with Crippen molar-refractivity contribution in [3.8, 4) is 11.5 Å². The lowest BCUT2D eigenvalue weighted by atomic mass is 9.82. The third kappa shape index (κ3) is 2.42. The van der Waals surface area contributed by atoms with Crippen LogP contribution in [0.2, 0.25) is 0 Å². The fourth-order valence-electron chi connectivity index (χ4n) is 4.14. The first-order valence-corrected chi connectivity index (χ1v) is 9.52. The second-order valence-electron chi connectivity index (χ2n) is 6.81. The average Bonchev–Trinajstić information content (AvgIpc) is 3.26. The van der Waals surface area contributed by atoms with Crippen LogP contribution in [0.15, 0.2) is 29.6 Å². The Bertz CT molecular complexity index is 749. The van der Waals surface area contributed by atoms with Gasteiger partial charge in [-0.25, -0.2) is 0 Å². The molecular formula is C19H21NO3S. The lowest BCUT2D eigenvalue weighted by molar-refractivity contribution is -0.0980. The fourth-order valence-corrected chi connectivity index (χ4v) is 5.09. The molecule has 3 aliphatic heterocycles. The first-order chi connectivity index (χ1) is 11.8. The number of ether oxygens (including phenoxy) is 3. The van der Waals surface area contributed by atoms with Crippen molar-refractivity contribution in [2.24, 2.45) is 0 Å². The molecule has 5 rings (SSSR count). The van der Waals surface area contributed by atoms with Gasteiger partial charge in [-0.2, -0.15) is 0 Å². The summed E-state index contributed by atoms with van der Waals surface area (Å²) in [7, 11) is 0. The second kappa shape index (κ2) is 5.76. The van der Waals surface area contributed by atoms with Gasteiger partial charge in [0.05, 0.1) is 12.2 Å². The topological polar surface area (TPSA) is 30.9 Å². The van der Waals surface area contributed by atoms with Crippen LogP contribution >= 0.6 is 11.3 Å². The van der Waals surface area contributed by atoms with Crippen LogP contribution in [0.4, 0.5) is 0 Å². The fraction of sp³-hybridized carbons (Fsp3) is 0.474. The number of piperidine rings is 1. The molecule has 0 N–H and O–H groups in total. The standard InChI is InChI=1S/C19H21NO3S/c1-2-16-17(22-13-21-16)11-14(1)12-20-7-5-19(6-8-20)15-4-10-24-18(15)3-9-23-19/h1-2,4,10-11H,3,5-9,12-13H2.